The second-order valence-corrected chi connectivity index (χ2v) is 3.23. The lowest BCUT2D eigenvalue weighted by Gasteiger charge is -2.09. The van der Waals surface area contributed by atoms with Gasteiger partial charge in [-0.25, -0.2) is 0 Å². The second-order valence-electron chi connectivity index (χ2n) is 3.23. The van der Waals surface area contributed by atoms with Gasteiger partial charge >= 0.3 is 5.97 Å². The summed E-state index contributed by atoms with van der Waals surface area (Å²) in [7, 11) is 0. The summed E-state index contributed by atoms with van der Waals surface area (Å²) in [4.78, 5) is 14.9. The molecule has 1 heterocycles. The van der Waals surface area contributed by atoms with Crippen LogP contribution in [-0.4, -0.2) is 16.1 Å². The van der Waals surface area contributed by atoms with Crippen molar-refractivity contribution in [2.75, 3.05) is 0 Å². The molecule has 0 radical (unpaired) electrons. The second kappa shape index (κ2) is 3.67. The van der Waals surface area contributed by atoms with E-state index < -0.39 is 12.0 Å². The molecule has 1 aromatic heterocycles. The Morgan fingerprint density at radius 2 is 2.07 bits per heavy atom. The number of nitrogens with two attached hydrogens (primary N) is 1. The monoisotopic (exact) mass is 202 g/mol. The number of pyridine rings is 1. The molecule has 3 N–H and O–H groups in total. The standard InChI is InChI=1S/C11H10N2O2/c12-10(11(14)15)8-5-6-13-9-4-2-1-3-7(8)9/h1-6,10H,12H2,(H,14,15)/t10-/m0/s1. The molecule has 0 bridgehead atoms. The number of nitrogens with zero attached hydrogens (tertiary/aromatic N) is 1. The van der Waals surface area contributed by atoms with Crippen LogP contribution >= 0.6 is 0 Å². The number of para-hydroxylation sites is 1. The lowest BCUT2D eigenvalue weighted by Crippen LogP contribution is -2.20. The van der Waals surface area contributed by atoms with E-state index in [4.69, 9.17) is 10.8 Å². The first-order valence-corrected chi connectivity index (χ1v) is 4.52. The summed E-state index contributed by atoms with van der Waals surface area (Å²) in [6.45, 7) is 0. The van der Waals surface area contributed by atoms with E-state index in [2.05, 4.69) is 4.98 Å². The molecule has 0 saturated heterocycles. The highest BCUT2D eigenvalue weighted by atomic mass is 16.4. The smallest absolute Gasteiger partial charge is 0.325 e. The summed E-state index contributed by atoms with van der Waals surface area (Å²) in [5.74, 6) is -1.04. The Labute approximate surface area is 86.4 Å². The fourth-order valence-corrected chi connectivity index (χ4v) is 1.52. The first-order chi connectivity index (χ1) is 7.20. The zero-order valence-electron chi connectivity index (χ0n) is 7.92. The third-order valence-electron chi connectivity index (χ3n) is 2.28. The number of hydrogen-bond donors (Lipinski definition) is 2. The predicted molar refractivity (Wildman–Crippen MR) is 56.3 cm³/mol. The molecule has 4 nitrogen and oxygen atoms in total. The summed E-state index contributed by atoms with van der Waals surface area (Å²) in [5, 5.41) is 9.64. The third kappa shape index (κ3) is 1.67. The van der Waals surface area contributed by atoms with E-state index in [0.29, 0.717) is 5.56 Å². The molecule has 1 atom stereocenters. The Bertz CT molecular complexity index is 505. The van der Waals surface area contributed by atoms with Crippen molar-refractivity contribution >= 4 is 16.9 Å². The van der Waals surface area contributed by atoms with E-state index in [0.717, 1.165) is 10.9 Å². The zero-order chi connectivity index (χ0) is 10.8. The van der Waals surface area contributed by atoms with Crippen molar-refractivity contribution in [1.82, 2.24) is 4.98 Å². The first kappa shape index (κ1) is 9.61. The summed E-state index contributed by atoms with van der Waals surface area (Å²) in [6, 6.07) is 7.97. The fourth-order valence-electron chi connectivity index (χ4n) is 1.52. The number of aliphatic carboxylic acids is 1. The molecule has 0 aliphatic heterocycles. The number of carboxylic acids is 1. The Kier molecular flexibility index (Phi) is 2.35. The number of benzene rings is 1. The summed E-state index contributed by atoms with van der Waals surface area (Å²) in [5.41, 5.74) is 6.92. The van der Waals surface area contributed by atoms with Crippen LogP contribution in [0.25, 0.3) is 10.9 Å². The van der Waals surface area contributed by atoms with Gasteiger partial charge in [-0.05, 0) is 17.7 Å². The Morgan fingerprint density at radius 1 is 1.33 bits per heavy atom. The highest BCUT2D eigenvalue weighted by molar-refractivity contribution is 5.87. The lowest BCUT2D eigenvalue weighted by atomic mass is 10.0. The number of carboxylic acid groups (broad SMARTS) is 1. The van der Waals surface area contributed by atoms with Crippen molar-refractivity contribution in [2.24, 2.45) is 5.73 Å². The van der Waals surface area contributed by atoms with Crippen LogP contribution in [0.2, 0.25) is 0 Å². The quantitative estimate of drug-likeness (QED) is 0.770. The van der Waals surface area contributed by atoms with Crippen molar-refractivity contribution in [3.05, 3.63) is 42.1 Å². The fraction of sp³-hybridized carbons (Fsp3) is 0.0909. The molecule has 2 rings (SSSR count). The molecule has 76 valence electrons. The van der Waals surface area contributed by atoms with Gasteiger partial charge in [0.05, 0.1) is 5.52 Å². The van der Waals surface area contributed by atoms with E-state index in [1.807, 2.05) is 24.3 Å². The Morgan fingerprint density at radius 3 is 2.80 bits per heavy atom. The van der Waals surface area contributed by atoms with Crippen molar-refractivity contribution < 1.29 is 9.90 Å². The minimum atomic E-state index is -1.04. The van der Waals surface area contributed by atoms with Crippen LogP contribution in [0.15, 0.2) is 36.5 Å². The van der Waals surface area contributed by atoms with Gasteiger partial charge in [-0.15, -0.1) is 0 Å². The normalized spacial score (nSPS) is 12.6. The molecule has 15 heavy (non-hydrogen) atoms. The molecular weight excluding hydrogens is 192 g/mol. The van der Waals surface area contributed by atoms with Crippen molar-refractivity contribution in [2.45, 2.75) is 6.04 Å². The van der Waals surface area contributed by atoms with Gasteiger partial charge in [-0.2, -0.15) is 0 Å². The van der Waals surface area contributed by atoms with Crippen molar-refractivity contribution in [1.29, 1.82) is 0 Å². The van der Waals surface area contributed by atoms with Gasteiger partial charge in [-0.3, -0.25) is 9.78 Å². The molecule has 0 aliphatic carbocycles. The molecule has 2 aromatic rings. The topological polar surface area (TPSA) is 76.2 Å². The van der Waals surface area contributed by atoms with Crippen LogP contribution in [0.1, 0.15) is 11.6 Å². The maximum Gasteiger partial charge on any atom is 0.325 e. The third-order valence-corrected chi connectivity index (χ3v) is 2.28. The van der Waals surface area contributed by atoms with Gasteiger partial charge < -0.3 is 10.8 Å². The van der Waals surface area contributed by atoms with E-state index in [9.17, 15) is 4.79 Å². The van der Waals surface area contributed by atoms with E-state index in [1.54, 1.807) is 12.3 Å². The molecule has 4 heteroatoms. The predicted octanol–water partition coefficient (Wildman–Crippen LogP) is 1.32. The summed E-state index contributed by atoms with van der Waals surface area (Å²) in [6.07, 6.45) is 1.57. The van der Waals surface area contributed by atoms with Gasteiger partial charge in [0.1, 0.15) is 6.04 Å². The van der Waals surface area contributed by atoms with Crippen LogP contribution in [0.3, 0.4) is 0 Å². The number of carbonyl (C=O) groups is 1. The highest BCUT2D eigenvalue weighted by Crippen LogP contribution is 2.21. The van der Waals surface area contributed by atoms with Crippen molar-refractivity contribution in [3.8, 4) is 0 Å². The summed E-state index contributed by atoms with van der Waals surface area (Å²) >= 11 is 0. The van der Waals surface area contributed by atoms with Gasteiger partial charge in [0.2, 0.25) is 0 Å². The van der Waals surface area contributed by atoms with Gasteiger partial charge in [-0.1, -0.05) is 18.2 Å². The van der Waals surface area contributed by atoms with Gasteiger partial charge in [0.15, 0.2) is 0 Å². The number of fused-ring (bicyclic) bond motifs is 1. The Balaban J connectivity index is 2.65. The minimum absolute atomic E-state index is 0.591. The minimum Gasteiger partial charge on any atom is -0.480 e. The molecule has 0 aliphatic rings. The van der Waals surface area contributed by atoms with Gasteiger partial charge in [0.25, 0.3) is 0 Å². The largest absolute Gasteiger partial charge is 0.480 e. The molecule has 0 amide bonds. The molecule has 0 spiro atoms. The van der Waals surface area contributed by atoms with Crippen LogP contribution in [0.4, 0.5) is 0 Å². The Hall–Kier alpha value is -1.94. The van der Waals surface area contributed by atoms with Crippen LogP contribution in [0.5, 0.6) is 0 Å². The van der Waals surface area contributed by atoms with Crippen LogP contribution in [0, 0.1) is 0 Å². The van der Waals surface area contributed by atoms with E-state index in [-0.39, 0.29) is 0 Å². The van der Waals surface area contributed by atoms with E-state index >= 15 is 0 Å². The SMILES string of the molecule is N[C@H](C(=O)O)c1ccnc2ccccc12. The van der Waals surface area contributed by atoms with Crippen LogP contribution < -0.4 is 5.73 Å². The number of aromatic nitrogens is 1. The average molecular weight is 202 g/mol. The maximum atomic E-state index is 10.8. The summed E-state index contributed by atoms with van der Waals surface area (Å²) < 4.78 is 0. The van der Waals surface area contributed by atoms with Crippen LogP contribution in [-0.2, 0) is 4.79 Å². The number of hydrogen-bond acceptors (Lipinski definition) is 3. The maximum absolute atomic E-state index is 10.8. The average Bonchev–Trinajstić information content (AvgIpc) is 2.27. The van der Waals surface area contributed by atoms with Crippen molar-refractivity contribution in [3.63, 3.8) is 0 Å². The van der Waals surface area contributed by atoms with Gasteiger partial charge in [0, 0.05) is 11.6 Å². The molecule has 0 saturated carbocycles. The van der Waals surface area contributed by atoms with E-state index in [1.165, 1.54) is 0 Å². The molecular formula is C11H10N2O2. The number of rotatable bonds is 2. The first-order valence-electron chi connectivity index (χ1n) is 4.52. The molecule has 0 unspecified atom stereocenters. The lowest BCUT2D eigenvalue weighted by molar-refractivity contribution is -0.138. The molecule has 1 aromatic carbocycles. The highest BCUT2D eigenvalue weighted by Gasteiger charge is 2.16. The zero-order valence-corrected chi connectivity index (χ0v) is 7.92. The molecule has 0 fully saturated rings.